The SMILES string of the molecule is CCC1CN(c2ncc(-c3cccc(COC(=O)N=C(N)N)c3F)cc2F)C1. The summed E-state index contributed by atoms with van der Waals surface area (Å²) in [5.74, 6) is -0.763. The Hall–Kier alpha value is -3.23. The molecule has 0 bridgehead atoms. The van der Waals surface area contributed by atoms with Crippen LogP contribution in [0, 0.1) is 17.6 Å². The van der Waals surface area contributed by atoms with Crippen LogP contribution in [0.1, 0.15) is 18.9 Å². The van der Waals surface area contributed by atoms with Gasteiger partial charge < -0.3 is 21.1 Å². The molecule has 7 nitrogen and oxygen atoms in total. The largest absolute Gasteiger partial charge is 0.443 e. The van der Waals surface area contributed by atoms with Crippen LogP contribution in [0.2, 0.25) is 0 Å². The van der Waals surface area contributed by atoms with Crippen molar-refractivity contribution in [1.82, 2.24) is 4.98 Å². The molecule has 1 aliphatic heterocycles. The van der Waals surface area contributed by atoms with Gasteiger partial charge in [-0.05, 0) is 18.4 Å². The van der Waals surface area contributed by atoms with E-state index in [-0.39, 0.29) is 23.6 Å². The highest BCUT2D eigenvalue weighted by atomic mass is 19.1. The maximum atomic E-state index is 14.8. The van der Waals surface area contributed by atoms with E-state index in [1.165, 1.54) is 24.4 Å². The molecule has 1 aliphatic rings. The molecule has 2 aromatic rings. The van der Waals surface area contributed by atoms with Gasteiger partial charge in [-0.25, -0.2) is 18.6 Å². The molecule has 2 heterocycles. The Bertz CT molecular complexity index is 909. The molecule has 0 saturated carbocycles. The number of benzene rings is 1. The fourth-order valence-electron chi connectivity index (χ4n) is 3.00. The first-order valence-corrected chi connectivity index (χ1v) is 8.83. The van der Waals surface area contributed by atoms with E-state index in [4.69, 9.17) is 16.2 Å². The number of aliphatic imine (C=N–C) groups is 1. The Morgan fingerprint density at radius 2 is 2.11 bits per heavy atom. The summed E-state index contributed by atoms with van der Waals surface area (Å²) in [6, 6.07) is 5.79. The minimum absolute atomic E-state index is 0.106. The first-order valence-electron chi connectivity index (χ1n) is 8.83. The summed E-state index contributed by atoms with van der Waals surface area (Å²) < 4.78 is 34.1. The quantitative estimate of drug-likeness (QED) is 0.602. The number of guanidine groups is 1. The molecule has 1 fully saturated rings. The van der Waals surface area contributed by atoms with Crippen LogP contribution in [0.15, 0.2) is 35.5 Å². The normalized spacial score (nSPS) is 13.8. The third kappa shape index (κ3) is 4.19. The molecule has 3 rings (SSSR count). The summed E-state index contributed by atoms with van der Waals surface area (Å²) in [6.45, 7) is 3.27. The molecule has 1 aromatic heterocycles. The van der Waals surface area contributed by atoms with Crippen molar-refractivity contribution in [3.05, 3.63) is 47.7 Å². The summed E-state index contributed by atoms with van der Waals surface area (Å²) in [5.41, 5.74) is 10.7. The lowest BCUT2D eigenvalue weighted by molar-refractivity contribution is 0.149. The number of aromatic nitrogens is 1. The summed E-state index contributed by atoms with van der Waals surface area (Å²) in [7, 11) is 0. The second kappa shape index (κ2) is 8.20. The van der Waals surface area contributed by atoms with Crippen LogP contribution in [0.3, 0.4) is 0 Å². The number of nitrogens with zero attached hydrogens (tertiary/aromatic N) is 3. The van der Waals surface area contributed by atoms with Gasteiger partial charge in [-0.1, -0.05) is 25.1 Å². The lowest BCUT2D eigenvalue weighted by Crippen LogP contribution is -2.47. The van der Waals surface area contributed by atoms with E-state index in [1.54, 1.807) is 6.07 Å². The lowest BCUT2D eigenvalue weighted by atomic mass is 9.97. The number of ether oxygens (including phenoxy) is 1. The molecule has 1 aromatic carbocycles. The third-order valence-electron chi connectivity index (χ3n) is 4.62. The summed E-state index contributed by atoms with van der Waals surface area (Å²) in [5, 5.41) is 0. The number of carbonyl (C=O) groups is 1. The molecule has 0 spiro atoms. The van der Waals surface area contributed by atoms with Gasteiger partial charge in [-0.3, -0.25) is 0 Å². The first kappa shape index (κ1) is 19.5. The van der Waals surface area contributed by atoms with Gasteiger partial charge in [0.1, 0.15) is 12.4 Å². The average molecular weight is 389 g/mol. The number of amides is 1. The van der Waals surface area contributed by atoms with Crippen molar-refractivity contribution in [3.8, 4) is 11.1 Å². The van der Waals surface area contributed by atoms with Crippen LogP contribution in [-0.4, -0.2) is 30.1 Å². The highest BCUT2D eigenvalue weighted by Crippen LogP contribution is 2.31. The maximum absolute atomic E-state index is 14.8. The zero-order chi connectivity index (χ0) is 20.3. The van der Waals surface area contributed by atoms with Crippen molar-refractivity contribution in [1.29, 1.82) is 0 Å². The number of pyridine rings is 1. The Morgan fingerprint density at radius 3 is 2.75 bits per heavy atom. The molecule has 0 atom stereocenters. The Morgan fingerprint density at radius 1 is 1.36 bits per heavy atom. The predicted octanol–water partition coefficient (Wildman–Crippen LogP) is 2.78. The van der Waals surface area contributed by atoms with Gasteiger partial charge in [-0.2, -0.15) is 0 Å². The summed E-state index contributed by atoms with van der Waals surface area (Å²) in [6.07, 6.45) is 1.45. The molecule has 4 N–H and O–H groups in total. The van der Waals surface area contributed by atoms with E-state index in [0.29, 0.717) is 11.5 Å². The molecule has 0 unspecified atom stereocenters. The van der Waals surface area contributed by atoms with Crippen LogP contribution in [0.25, 0.3) is 11.1 Å². The van der Waals surface area contributed by atoms with Crippen LogP contribution in [0.5, 0.6) is 0 Å². The number of halogens is 2. The standard InChI is InChI=1S/C19H21F2N5O2/c1-2-11-8-26(9-11)17-15(20)6-13(7-24-17)14-5-3-4-12(16(14)21)10-28-19(27)25-18(22)23/h3-7,11H,2,8-10H2,1H3,(H4,22,23,25,27). The molecular weight excluding hydrogens is 368 g/mol. The number of anilines is 1. The zero-order valence-corrected chi connectivity index (χ0v) is 15.4. The minimum atomic E-state index is -1.03. The van der Waals surface area contributed by atoms with Gasteiger partial charge in [0.2, 0.25) is 0 Å². The number of carbonyl (C=O) groups excluding carboxylic acids is 1. The van der Waals surface area contributed by atoms with Gasteiger partial charge in [0.25, 0.3) is 0 Å². The third-order valence-corrected chi connectivity index (χ3v) is 4.62. The Balaban J connectivity index is 1.77. The highest BCUT2D eigenvalue weighted by molar-refractivity contribution is 5.87. The van der Waals surface area contributed by atoms with Crippen LogP contribution in [0.4, 0.5) is 19.4 Å². The van der Waals surface area contributed by atoms with Gasteiger partial charge in [0.05, 0.1) is 0 Å². The fourth-order valence-corrected chi connectivity index (χ4v) is 3.00. The number of rotatable bonds is 5. The van der Waals surface area contributed by atoms with Crippen molar-refractivity contribution in [2.24, 2.45) is 22.4 Å². The topological polar surface area (TPSA) is 107 Å². The van der Waals surface area contributed by atoms with Crippen molar-refractivity contribution in [3.63, 3.8) is 0 Å². The maximum Gasteiger partial charge on any atom is 0.437 e. The van der Waals surface area contributed by atoms with E-state index < -0.39 is 23.7 Å². The van der Waals surface area contributed by atoms with E-state index in [1.807, 2.05) is 4.90 Å². The van der Waals surface area contributed by atoms with E-state index in [0.717, 1.165) is 19.5 Å². The van der Waals surface area contributed by atoms with Crippen molar-refractivity contribution in [2.75, 3.05) is 18.0 Å². The predicted molar refractivity (Wildman–Crippen MR) is 102 cm³/mol. The number of hydrogen-bond donors (Lipinski definition) is 2. The average Bonchev–Trinajstić information content (AvgIpc) is 2.60. The Labute approximate surface area is 161 Å². The van der Waals surface area contributed by atoms with Gasteiger partial charge in [-0.15, -0.1) is 4.99 Å². The van der Waals surface area contributed by atoms with Crippen molar-refractivity contribution >= 4 is 17.9 Å². The monoisotopic (exact) mass is 389 g/mol. The summed E-state index contributed by atoms with van der Waals surface area (Å²) >= 11 is 0. The van der Waals surface area contributed by atoms with Crippen LogP contribution < -0.4 is 16.4 Å². The van der Waals surface area contributed by atoms with Gasteiger partial charge in [0.15, 0.2) is 17.6 Å². The van der Waals surface area contributed by atoms with Crippen molar-refractivity contribution < 1.29 is 18.3 Å². The second-order valence-corrected chi connectivity index (χ2v) is 6.58. The van der Waals surface area contributed by atoms with Crippen LogP contribution >= 0.6 is 0 Å². The van der Waals surface area contributed by atoms with E-state index >= 15 is 0 Å². The first-order chi connectivity index (χ1) is 13.4. The molecule has 0 aliphatic carbocycles. The van der Waals surface area contributed by atoms with Crippen molar-refractivity contribution in [2.45, 2.75) is 20.0 Å². The van der Waals surface area contributed by atoms with Gasteiger partial charge in [0, 0.05) is 36.0 Å². The molecule has 148 valence electrons. The summed E-state index contributed by atoms with van der Waals surface area (Å²) in [4.78, 5) is 20.6. The smallest absolute Gasteiger partial charge is 0.437 e. The van der Waals surface area contributed by atoms with Crippen LogP contribution in [-0.2, 0) is 11.3 Å². The number of hydrogen-bond acceptors (Lipinski definition) is 4. The zero-order valence-electron chi connectivity index (χ0n) is 15.4. The Kier molecular flexibility index (Phi) is 5.72. The molecule has 1 saturated heterocycles. The highest BCUT2D eigenvalue weighted by Gasteiger charge is 2.28. The molecule has 28 heavy (non-hydrogen) atoms. The second-order valence-electron chi connectivity index (χ2n) is 6.58. The minimum Gasteiger partial charge on any atom is -0.443 e. The molecule has 1 amide bonds. The molecular formula is C19H21F2N5O2. The van der Waals surface area contributed by atoms with E-state index in [9.17, 15) is 13.6 Å². The lowest BCUT2D eigenvalue weighted by Gasteiger charge is -2.39. The van der Waals surface area contributed by atoms with Gasteiger partial charge >= 0.3 is 6.09 Å². The molecule has 9 heteroatoms. The fraction of sp³-hybridized carbons (Fsp3) is 0.316. The number of nitrogens with two attached hydrogens (primary N) is 2. The van der Waals surface area contributed by atoms with E-state index in [2.05, 4.69) is 16.9 Å². The molecule has 0 radical (unpaired) electrons.